The monoisotopic (exact) mass is 279 g/mol. The zero-order chi connectivity index (χ0) is 15.0. The maximum absolute atomic E-state index is 12.0. The molecule has 0 saturated heterocycles. The fourth-order valence-corrected chi connectivity index (χ4v) is 1.89. The zero-order valence-corrected chi connectivity index (χ0v) is 11.8. The van der Waals surface area contributed by atoms with E-state index in [1.807, 2.05) is 31.2 Å². The second-order valence-corrected chi connectivity index (χ2v) is 4.46. The van der Waals surface area contributed by atoms with Crippen molar-refractivity contribution in [3.63, 3.8) is 0 Å². The summed E-state index contributed by atoms with van der Waals surface area (Å²) in [6.45, 7) is 1.93. The van der Waals surface area contributed by atoms with Gasteiger partial charge in [-0.15, -0.1) is 0 Å². The van der Waals surface area contributed by atoms with Crippen molar-refractivity contribution in [2.45, 2.75) is 32.2 Å². The largest absolute Gasteiger partial charge is 0.496 e. The van der Waals surface area contributed by atoms with Crippen molar-refractivity contribution in [3.8, 4) is 5.75 Å². The minimum absolute atomic E-state index is 0.106. The van der Waals surface area contributed by atoms with Crippen LogP contribution in [0.5, 0.6) is 5.75 Å². The van der Waals surface area contributed by atoms with Crippen LogP contribution in [0, 0.1) is 0 Å². The van der Waals surface area contributed by atoms with Gasteiger partial charge in [0.15, 0.2) is 0 Å². The zero-order valence-electron chi connectivity index (χ0n) is 11.8. The van der Waals surface area contributed by atoms with Gasteiger partial charge in [-0.1, -0.05) is 30.3 Å². The average molecular weight is 279 g/mol. The Morgan fingerprint density at radius 3 is 2.80 bits per heavy atom. The lowest BCUT2D eigenvalue weighted by atomic mass is 10.1. The Morgan fingerprint density at radius 1 is 1.50 bits per heavy atom. The Kier molecular flexibility index (Phi) is 6.36. The molecule has 0 bridgehead atoms. The Bertz CT molecular complexity index is 474. The summed E-state index contributed by atoms with van der Waals surface area (Å²) in [7, 11) is 1.57. The molecule has 0 heterocycles. The maximum Gasteiger partial charge on any atom is 0.224 e. The van der Waals surface area contributed by atoms with Gasteiger partial charge >= 0.3 is 0 Å². The predicted octanol–water partition coefficient (Wildman–Crippen LogP) is 1.27. The molecule has 1 unspecified atom stereocenters. The molecule has 1 aromatic carbocycles. The predicted molar refractivity (Wildman–Crippen MR) is 76.9 cm³/mol. The summed E-state index contributed by atoms with van der Waals surface area (Å²) in [5.41, 5.74) is 6.28. The van der Waals surface area contributed by atoms with Crippen molar-refractivity contribution in [1.82, 2.24) is 5.32 Å². The highest BCUT2D eigenvalue weighted by molar-refractivity contribution is 5.83. The van der Waals surface area contributed by atoms with E-state index in [-0.39, 0.29) is 24.2 Å². The molecule has 1 atom stereocenters. The second kappa shape index (κ2) is 8.04. The number of amidine groups is 1. The van der Waals surface area contributed by atoms with E-state index in [2.05, 4.69) is 10.5 Å². The lowest BCUT2D eigenvalue weighted by Crippen LogP contribution is -2.38. The number of amides is 1. The average Bonchev–Trinajstić information content (AvgIpc) is 2.46. The third-order valence-corrected chi connectivity index (χ3v) is 2.99. The Morgan fingerprint density at radius 2 is 2.20 bits per heavy atom. The first-order valence-electron chi connectivity index (χ1n) is 6.48. The molecule has 0 aliphatic heterocycles. The van der Waals surface area contributed by atoms with Gasteiger partial charge in [-0.25, -0.2) is 0 Å². The number of rotatable bonds is 7. The SMILES string of the molecule is CCC(CC(N)=NO)NC(=O)Cc1ccccc1OC. The van der Waals surface area contributed by atoms with Crippen molar-refractivity contribution in [2.75, 3.05) is 7.11 Å². The van der Waals surface area contributed by atoms with Crippen LogP contribution in [-0.4, -0.2) is 30.1 Å². The molecule has 6 nitrogen and oxygen atoms in total. The van der Waals surface area contributed by atoms with Crippen LogP contribution in [0.25, 0.3) is 0 Å². The van der Waals surface area contributed by atoms with Crippen molar-refractivity contribution in [2.24, 2.45) is 10.9 Å². The van der Waals surface area contributed by atoms with Crippen molar-refractivity contribution >= 4 is 11.7 Å². The summed E-state index contributed by atoms with van der Waals surface area (Å²) in [6.07, 6.45) is 1.26. The molecule has 20 heavy (non-hydrogen) atoms. The number of nitrogens with two attached hydrogens (primary N) is 1. The topological polar surface area (TPSA) is 96.9 Å². The molecule has 0 saturated carbocycles. The second-order valence-electron chi connectivity index (χ2n) is 4.46. The molecule has 1 aromatic rings. The highest BCUT2D eigenvalue weighted by Gasteiger charge is 2.14. The number of para-hydroxylation sites is 1. The van der Waals surface area contributed by atoms with Crippen molar-refractivity contribution < 1.29 is 14.7 Å². The molecule has 110 valence electrons. The van der Waals surface area contributed by atoms with Gasteiger partial charge in [-0.05, 0) is 12.5 Å². The number of ether oxygens (including phenoxy) is 1. The number of carbonyl (C=O) groups excluding carboxylic acids is 1. The van der Waals surface area contributed by atoms with E-state index in [1.54, 1.807) is 7.11 Å². The van der Waals surface area contributed by atoms with Crippen LogP contribution in [0.3, 0.4) is 0 Å². The summed E-state index contributed by atoms with van der Waals surface area (Å²) >= 11 is 0. The van der Waals surface area contributed by atoms with Crippen LogP contribution in [0.2, 0.25) is 0 Å². The molecule has 0 aliphatic carbocycles. The summed E-state index contributed by atoms with van der Waals surface area (Å²) in [5, 5.41) is 14.3. The number of methoxy groups -OCH3 is 1. The molecular formula is C14H21N3O3. The third-order valence-electron chi connectivity index (χ3n) is 2.99. The first-order valence-corrected chi connectivity index (χ1v) is 6.48. The fraction of sp³-hybridized carbons (Fsp3) is 0.429. The highest BCUT2D eigenvalue weighted by Crippen LogP contribution is 2.17. The number of carbonyl (C=O) groups is 1. The Labute approximate surface area is 118 Å². The molecule has 1 rings (SSSR count). The standard InChI is InChI=1S/C14H21N3O3/c1-3-11(9-13(15)17-19)16-14(18)8-10-6-4-5-7-12(10)20-2/h4-7,11,19H,3,8-9H2,1-2H3,(H2,15,17)(H,16,18). The molecule has 0 fully saturated rings. The van der Waals surface area contributed by atoms with Gasteiger partial charge in [0.2, 0.25) is 5.91 Å². The normalized spacial score (nSPS) is 12.8. The molecule has 0 aromatic heterocycles. The van der Waals surface area contributed by atoms with Crippen molar-refractivity contribution in [1.29, 1.82) is 0 Å². The summed E-state index contributed by atoms with van der Waals surface area (Å²) in [4.78, 5) is 12.0. The van der Waals surface area contributed by atoms with Gasteiger partial charge in [0.05, 0.1) is 13.5 Å². The van der Waals surface area contributed by atoms with E-state index in [9.17, 15) is 4.79 Å². The quantitative estimate of drug-likeness (QED) is 0.303. The van der Waals surface area contributed by atoms with E-state index in [0.717, 1.165) is 5.56 Å². The van der Waals surface area contributed by atoms with E-state index in [1.165, 1.54) is 0 Å². The first-order chi connectivity index (χ1) is 9.60. The summed E-state index contributed by atoms with van der Waals surface area (Å²) in [5.74, 6) is 0.675. The molecule has 6 heteroatoms. The number of benzene rings is 1. The number of hydrogen-bond acceptors (Lipinski definition) is 4. The number of nitrogens with one attached hydrogen (secondary N) is 1. The van der Waals surface area contributed by atoms with Crippen LogP contribution in [0.15, 0.2) is 29.4 Å². The number of oxime groups is 1. The van der Waals surface area contributed by atoms with Gasteiger partial charge in [0.25, 0.3) is 0 Å². The molecule has 0 aliphatic rings. The summed E-state index contributed by atoms with van der Waals surface area (Å²) < 4.78 is 5.21. The highest BCUT2D eigenvalue weighted by atomic mass is 16.5. The first kappa shape index (κ1) is 15.8. The van der Waals surface area contributed by atoms with Crippen LogP contribution in [0.1, 0.15) is 25.3 Å². The molecule has 1 amide bonds. The Balaban J connectivity index is 2.62. The Hall–Kier alpha value is -2.24. The minimum Gasteiger partial charge on any atom is -0.496 e. The fourth-order valence-electron chi connectivity index (χ4n) is 1.89. The van der Waals surface area contributed by atoms with Crippen LogP contribution < -0.4 is 15.8 Å². The molecule has 0 spiro atoms. The number of nitrogens with zero attached hydrogens (tertiary/aromatic N) is 1. The smallest absolute Gasteiger partial charge is 0.224 e. The number of hydrogen-bond donors (Lipinski definition) is 3. The van der Waals surface area contributed by atoms with Crippen molar-refractivity contribution in [3.05, 3.63) is 29.8 Å². The van der Waals surface area contributed by atoms with Gasteiger partial charge in [0.1, 0.15) is 11.6 Å². The molecule has 4 N–H and O–H groups in total. The van der Waals surface area contributed by atoms with E-state index in [4.69, 9.17) is 15.7 Å². The maximum atomic E-state index is 12.0. The van der Waals surface area contributed by atoms with Gasteiger partial charge in [-0.2, -0.15) is 0 Å². The molecule has 0 radical (unpaired) electrons. The van der Waals surface area contributed by atoms with E-state index in [0.29, 0.717) is 18.6 Å². The lowest BCUT2D eigenvalue weighted by Gasteiger charge is -2.16. The lowest BCUT2D eigenvalue weighted by molar-refractivity contribution is -0.121. The van der Waals surface area contributed by atoms with Gasteiger partial charge in [0, 0.05) is 18.0 Å². The van der Waals surface area contributed by atoms with Gasteiger partial charge < -0.3 is 21.0 Å². The van der Waals surface area contributed by atoms with Crippen LogP contribution in [-0.2, 0) is 11.2 Å². The van der Waals surface area contributed by atoms with Crippen LogP contribution in [0.4, 0.5) is 0 Å². The van der Waals surface area contributed by atoms with Gasteiger partial charge in [-0.3, -0.25) is 4.79 Å². The molecular weight excluding hydrogens is 258 g/mol. The van der Waals surface area contributed by atoms with E-state index < -0.39 is 0 Å². The van der Waals surface area contributed by atoms with Crippen LogP contribution >= 0.6 is 0 Å². The van der Waals surface area contributed by atoms with E-state index >= 15 is 0 Å². The minimum atomic E-state index is -0.145. The third kappa shape index (κ3) is 4.79. The summed E-state index contributed by atoms with van der Waals surface area (Å²) in [6, 6.07) is 7.24.